The molecule has 2 heterocycles. The summed E-state index contributed by atoms with van der Waals surface area (Å²) in [5.74, 6) is 1.22. The molecule has 0 aliphatic rings. The van der Waals surface area contributed by atoms with E-state index in [-0.39, 0.29) is 17.5 Å². The van der Waals surface area contributed by atoms with Crippen molar-refractivity contribution < 1.29 is 9.53 Å². The van der Waals surface area contributed by atoms with Gasteiger partial charge in [-0.05, 0) is 43.4 Å². The highest BCUT2D eigenvalue weighted by Gasteiger charge is 2.18. The van der Waals surface area contributed by atoms with Crippen molar-refractivity contribution in [3.05, 3.63) is 81.3 Å². The van der Waals surface area contributed by atoms with Gasteiger partial charge in [0.15, 0.2) is 5.82 Å². The van der Waals surface area contributed by atoms with Gasteiger partial charge < -0.3 is 10.1 Å². The molecule has 0 radical (unpaired) electrons. The zero-order chi connectivity index (χ0) is 24.8. The summed E-state index contributed by atoms with van der Waals surface area (Å²) < 4.78 is 9.40. The minimum Gasteiger partial charge on any atom is -0.462 e. The Balaban J connectivity index is 1.53. The first kappa shape index (κ1) is 24.3. The molecule has 1 atom stereocenters. The van der Waals surface area contributed by atoms with Crippen molar-refractivity contribution >= 4 is 23.3 Å². The average molecular weight is 490 g/mol. The molecule has 0 bridgehead atoms. The molecule has 0 amide bonds. The number of benzene rings is 2. The van der Waals surface area contributed by atoms with Gasteiger partial charge in [0.25, 0.3) is 0 Å². The number of esters is 1. The number of aryl methyl sites for hydroxylation is 1. The van der Waals surface area contributed by atoms with Crippen LogP contribution in [0, 0.1) is 6.92 Å². The Labute approximate surface area is 207 Å². The van der Waals surface area contributed by atoms with E-state index in [2.05, 4.69) is 55.8 Å². The molecule has 180 valence electrons. The van der Waals surface area contributed by atoms with Crippen molar-refractivity contribution in [1.29, 1.82) is 0 Å². The molecular weight excluding hydrogens is 462 g/mol. The molecule has 4 rings (SSSR count). The largest absolute Gasteiger partial charge is 0.462 e. The van der Waals surface area contributed by atoms with Crippen LogP contribution in [0.2, 0.25) is 0 Å². The predicted molar refractivity (Wildman–Crippen MR) is 138 cm³/mol. The summed E-state index contributed by atoms with van der Waals surface area (Å²) in [5, 5.41) is 3.41. The van der Waals surface area contributed by atoms with Crippen LogP contribution < -0.4 is 10.2 Å². The molecule has 8 nitrogen and oxygen atoms in total. The molecule has 2 N–H and O–H groups in total. The minimum absolute atomic E-state index is 0.0655. The number of anilines is 1. The van der Waals surface area contributed by atoms with Crippen molar-refractivity contribution in [1.82, 2.24) is 19.3 Å². The number of H-pyrrole nitrogens is 1. The number of aromatic amines is 1. The third-order valence-corrected chi connectivity index (χ3v) is 6.15. The van der Waals surface area contributed by atoms with Crippen molar-refractivity contribution in [2.75, 3.05) is 11.9 Å². The second-order valence-corrected chi connectivity index (χ2v) is 8.78. The number of ether oxygens (including phenoxy) is 1. The lowest BCUT2D eigenvalue weighted by Crippen LogP contribution is -2.24. The van der Waals surface area contributed by atoms with Crippen molar-refractivity contribution in [2.24, 2.45) is 0 Å². The van der Waals surface area contributed by atoms with Gasteiger partial charge in [0.05, 0.1) is 6.61 Å². The van der Waals surface area contributed by atoms with Gasteiger partial charge in [0.1, 0.15) is 17.2 Å². The standard InChI is InChI=1S/C26H27N5O3S/c1-4-19(29-23-22(25(32)34-5-2)15-27-16(3)28-23)14-17-10-12-18(13-11-17)20-8-6-7-9-21(20)24-30-26(33)35-31-24/h6-13,15,19H,4-5,14H2,1-3H3,(H,27,28,29)(H,30,31,33). The Bertz CT molecular complexity index is 1360. The summed E-state index contributed by atoms with van der Waals surface area (Å²) in [7, 11) is 0. The van der Waals surface area contributed by atoms with E-state index in [0.29, 0.717) is 23.0 Å². The fourth-order valence-corrected chi connectivity index (χ4v) is 4.28. The van der Waals surface area contributed by atoms with E-state index in [1.54, 1.807) is 13.8 Å². The number of carbonyl (C=O) groups is 1. The number of hydrogen-bond donors (Lipinski definition) is 2. The third-order valence-electron chi connectivity index (χ3n) is 5.61. The fourth-order valence-electron chi connectivity index (χ4n) is 3.82. The fraction of sp³-hybridized carbons (Fsp3) is 0.269. The molecule has 0 fully saturated rings. The number of rotatable bonds is 9. The molecule has 0 saturated carbocycles. The van der Waals surface area contributed by atoms with Gasteiger partial charge in [-0.25, -0.2) is 14.8 Å². The molecule has 2 aromatic heterocycles. The van der Waals surface area contributed by atoms with Crippen LogP contribution in [0.15, 0.2) is 59.5 Å². The van der Waals surface area contributed by atoms with Crippen molar-refractivity contribution in [3.8, 4) is 22.5 Å². The first-order valence-electron chi connectivity index (χ1n) is 11.5. The normalized spacial score (nSPS) is 11.7. The lowest BCUT2D eigenvalue weighted by molar-refractivity contribution is 0.0526. The average Bonchev–Trinajstić information content (AvgIpc) is 3.30. The Kier molecular flexibility index (Phi) is 7.67. The predicted octanol–water partition coefficient (Wildman–Crippen LogP) is 4.87. The molecule has 4 aromatic rings. The lowest BCUT2D eigenvalue weighted by atomic mass is 9.96. The van der Waals surface area contributed by atoms with Gasteiger partial charge in [0, 0.05) is 29.3 Å². The van der Waals surface area contributed by atoms with Gasteiger partial charge >= 0.3 is 10.8 Å². The van der Waals surface area contributed by atoms with Crippen LogP contribution in [0.1, 0.15) is 42.0 Å². The van der Waals surface area contributed by atoms with Crippen molar-refractivity contribution in [2.45, 2.75) is 39.7 Å². The monoisotopic (exact) mass is 489 g/mol. The molecule has 35 heavy (non-hydrogen) atoms. The number of aromatic nitrogens is 4. The second kappa shape index (κ2) is 11.1. The first-order chi connectivity index (χ1) is 17.0. The topological polar surface area (TPSA) is 110 Å². The van der Waals surface area contributed by atoms with E-state index in [0.717, 1.165) is 46.6 Å². The summed E-state index contributed by atoms with van der Waals surface area (Å²) >= 11 is 0.916. The van der Waals surface area contributed by atoms with E-state index in [4.69, 9.17) is 4.74 Å². The number of nitrogens with zero attached hydrogens (tertiary/aromatic N) is 3. The van der Waals surface area contributed by atoms with Crippen LogP contribution in [-0.2, 0) is 11.2 Å². The maximum Gasteiger partial charge on any atom is 0.343 e. The molecule has 0 aliphatic carbocycles. The summed E-state index contributed by atoms with van der Waals surface area (Å²) in [5.41, 5.74) is 4.41. The van der Waals surface area contributed by atoms with Crippen LogP contribution >= 0.6 is 11.5 Å². The van der Waals surface area contributed by atoms with Crippen LogP contribution in [0.3, 0.4) is 0 Å². The Morgan fingerprint density at radius 3 is 2.51 bits per heavy atom. The minimum atomic E-state index is -0.436. The van der Waals surface area contributed by atoms with Gasteiger partial charge in [-0.1, -0.05) is 55.5 Å². The van der Waals surface area contributed by atoms with E-state index < -0.39 is 5.97 Å². The van der Waals surface area contributed by atoms with Gasteiger partial charge in [-0.2, -0.15) is 4.37 Å². The van der Waals surface area contributed by atoms with Crippen molar-refractivity contribution in [3.63, 3.8) is 0 Å². The van der Waals surface area contributed by atoms with Gasteiger partial charge in [0.2, 0.25) is 0 Å². The highest BCUT2D eigenvalue weighted by Crippen LogP contribution is 2.30. The highest BCUT2D eigenvalue weighted by atomic mass is 32.1. The van der Waals surface area contributed by atoms with E-state index in [1.807, 2.05) is 24.3 Å². The molecule has 1 unspecified atom stereocenters. The smallest absolute Gasteiger partial charge is 0.343 e. The number of nitrogens with one attached hydrogen (secondary N) is 2. The van der Waals surface area contributed by atoms with Crippen LogP contribution in [-0.4, -0.2) is 37.9 Å². The molecule has 9 heteroatoms. The van der Waals surface area contributed by atoms with E-state index in [9.17, 15) is 9.59 Å². The van der Waals surface area contributed by atoms with E-state index >= 15 is 0 Å². The Hall–Kier alpha value is -3.85. The maximum atomic E-state index is 12.3. The molecule has 0 aliphatic heterocycles. The Morgan fingerprint density at radius 2 is 1.86 bits per heavy atom. The lowest BCUT2D eigenvalue weighted by Gasteiger charge is -2.20. The third kappa shape index (κ3) is 5.81. The molecule has 0 spiro atoms. The second-order valence-electron chi connectivity index (χ2n) is 8.04. The SMILES string of the molecule is CCOC(=O)c1cnc(C)nc1NC(CC)Cc1ccc(-c2ccccc2-c2nsc(=O)[nH]2)cc1. The number of carbonyl (C=O) groups excluding carboxylic acids is 1. The van der Waals surface area contributed by atoms with Crippen LogP contribution in [0.5, 0.6) is 0 Å². The van der Waals surface area contributed by atoms with Gasteiger partial charge in [-0.3, -0.25) is 9.78 Å². The van der Waals surface area contributed by atoms with Crippen LogP contribution in [0.25, 0.3) is 22.5 Å². The summed E-state index contributed by atoms with van der Waals surface area (Å²) in [6, 6.07) is 16.3. The highest BCUT2D eigenvalue weighted by molar-refractivity contribution is 7.03. The summed E-state index contributed by atoms with van der Waals surface area (Å²) in [6.45, 7) is 5.94. The van der Waals surface area contributed by atoms with E-state index in [1.165, 1.54) is 6.20 Å². The zero-order valence-corrected chi connectivity index (χ0v) is 20.7. The van der Waals surface area contributed by atoms with Crippen LogP contribution in [0.4, 0.5) is 5.82 Å². The number of hydrogen-bond acceptors (Lipinski definition) is 8. The summed E-state index contributed by atoms with van der Waals surface area (Å²) in [4.78, 5) is 35.2. The zero-order valence-electron chi connectivity index (χ0n) is 19.9. The van der Waals surface area contributed by atoms with Gasteiger partial charge in [-0.15, -0.1) is 0 Å². The molecular formula is C26H27N5O3S. The Morgan fingerprint density at radius 1 is 1.11 bits per heavy atom. The molecule has 0 saturated heterocycles. The summed E-state index contributed by atoms with van der Waals surface area (Å²) in [6.07, 6.45) is 3.10. The maximum absolute atomic E-state index is 12.3. The molecule has 2 aromatic carbocycles. The quantitative estimate of drug-likeness (QED) is 0.323. The first-order valence-corrected chi connectivity index (χ1v) is 12.3.